The Morgan fingerprint density at radius 2 is 1.94 bits per heavy atom. The van der Waals surface area contributed by atoms with Gasteiger partial charge in [-0.2, -0.15) is 0 Å². The number of hydrogen-bond acceptors (Lipinski definition) is 5. The van der Waals surface area contributed by atoms with Crippen LogP contribution < -0.4 is 5.32 Å². The second-order valence-corrected chi connectivity index (χ2v) is 8.23. The number of rotatable bonds is 7. The molecule has 2 aromatic carbocycles. The highest BCUT2D eigenvalue weighted by Crippen LogP contribution is 2.27. The smallest absolute Gasteiger partial charge is 0.234 e. The third-order valence-corrected chi connectivity index (χ3v) is 5.76. The van der Waals surface area contributed by atoms with Crippen molar-refractivity contribution in [1.29, 1.82) is 0 Å². The molecule has 0 saturated carbocycles. The van der Waals surface area contributed by atoms with Gasteiger partial charge in [0, 0.05) is 16.3 Å². The third kappa shape index (κ3) is 5.28. The van der Waals surface area contributed by atoms with Crippen molar-refractivity contribution < 1.29 is 13.6 Å². The van der Waals surface area contributed by atoms with Gasteiger partial charge in [-0.15, -0.1) is 10.2 Å². The molecule has 4 aromatic rings. The standard InChI is InChI=1S/C21H15Cl2FN4O2S/c22-14-5-3-13(4-6-14)20-26-27-21(28(20)11-16-2-1-9-30-16)31-12-19(29)25-15-7-8-18(24)17(23)10-15/h1-10H,11-12H2,(H,25,29). The maximum Gasteiger partial charge on any atom is 0.234 e. The van der Waals surface area contributed by atoms with E-state index in [0.29, 0.717) is 28.2 Å². The van der Waals surface area contributed by atoms with E-state index in [1.807, 2.05) is 22.8 Å². The second kappa shape index (κ2) is 9.55. The number of carbonyl (C=O) groups excluding carboxylic acids is 1. The lowest BCUT2D eigenvalue weighted by molar-refractivity contribution is -0.113. The number of thioether (sulfide) groups is 1. The molecule has 2 aromatic heterocycles. The van der Waals surface area contributed by atoms with Crippen molar-refractivity contribution in [2.75, 3.05) is 11.1 Å². The van der Waals surface area contributed by atoms with Crippen molar-refractivity contribution in [3.8, 4) is 11.4 Å². The molecule has 0 aliphatic heterocycles. The Bertz CT molecular complexity index is 1200. The van der Waals surface area contributed by atoms with Crippen molar-refractivity contribution in [2.45, 2.75) is 11.7 Å². The summed E-state index contributed by atoms with van der Waals surface area (Å²) in [5.41, 5.74) is 1.25. The topological polar surface area (TPSA) is 73.0 Å². The number of aromatic nitrogens is 3. The van der Waals surface area contributed by atoms with Crippen LogP contribution in [0.3, 0.4) is 0 Å². The number of nitrogens with one attached hydrogen (secondary N) is 1. The molecule has 158 valence electrons. The summed E-state index contributed by atoms with van der Waals surface area (Å²) in [5, 5.41) is 12.3. The summed E-state index contributed by atoms with van der Waals surface area (Å²) in [6.07, 6.45) is 1.59. The number of furan rings is 1. The van der Waals surface area contributed by atoms with Gasteiger partial charge < -0.3 is 9.73 Å². The van der Waals surface area contributed by atoms with Gasteiger partial charge in [-0.05, 0) is 54.6 Å². The quantitative estimate of drug-likeness (QED) is 0.343. The van der Waals surface area contributed by atoms with Crippen LogP contribution in [0.25, 0.3) is 11.4 Å². The van der Waals surface area contributed by atoms with Gasteiger partial charge in [0.25, 0.3) is 0 Å². The van der Waals surface area contributed by atoms with Gasteiger partial charge >= 0.3 is 0 Å². The summed E-state index contributed by atoms with van der Waals surface area (Å²) in [4.78, 5) is 12.4. The van der Waals surface area contributed by atoms with E-state index in [1.165, 1.54) is 30.0 Å². The number of anilines is 1. The number of benzene rings is 2. The van der Waals surface area contributed by atoms with Crippen molar-refractivity contribution >= 4 is 46.6 Å². The first-order valence-corrected chi connectivity index (χ1v) is 10.8. The number of carbonyl (C=O) groups is 1. The molecule has 0 saturated heterocycles. The third-order valence-electron chi connectivity index (χ3n) is 4.25. The van der Waals surface area contributed by atoms with Gasteiger partial charge in [0.2, 0.25) is 5.91 Å². The molecule has 0 unspecified atom stereocenters. The Labute approximate surface area is 191 Å². The molecule has 0 aliphatic rings. The summed E-state index contributed by atoms with van der Waals surface area (Å²) in [6, 6.07) is 14.9. The minimum atomic E-state index is -0.546. The van der Waals surface area contributed by atoms with Gasteiger partial charge in [-0.3, -0.25) is 9.36 Å². The summed E-state index contributed by atoms with van der Waals surface area (Å²) < 4.78 is 20.6. The SMILES string of the molecule is O=C(CSc1nnc(-c2ccc(Cl)cc2)n1Cc1ccco1)Nc1ccc(F)c(Cl)c1. The van der Waals surface area contributed by atoms with E-state index in [2.05, 4.69) is 15.5 Å². The maximum atomic E-state index is 13.3. The van der Waals surface area contributed by atoms with Crippen LogP contribution in [0.2, 0.25) is 10.0 Å². The second-order valence-electron chi connectivity index (χ2n) is 6.44. The normalized spacial score (nSPS) is 10.9. The molecule has 0 spiro atoms. The van der Waals surface area contributed by atoms with Gasteiger partial charge in [0.05, 0.1) is 23.6 Å². The van der Waals surface area contributed by atoms with Crippen molar-refractivity contribution in [3.63, 3.8) is 0 Å². The Morgan fingerprint density at radius 1 is 1.13 bits per heavy atom. The van der Waals surface area contributed by atoms with Gasteiger partial charge in [-0.1, -0.05) is 35.0 Å². The van der Waals surface area contributed by atoms with Crippen LogP contribution in [0, 0.1) is 5.82 Å². The Morgan fingerprint density at radius 3 is 2.65 bits per heavy atom. The van der Waals surface area contributed by atoms with E-state index in [-0.39, 0.29) is 16.7 Å². The Kier molecular flexibility index (Phi) is 6.60. The molecule has 1 amide bonds. The molecular formula is C21H15Cl2FN4O2S. The molecule has 6 nitrogen and oxygen atoms in total. The molecule has 2 heterocycles. The first kappa shape index (κ1) is 21.4. The molecule has 0 bridgehead atoms. The summed E-state index contributed by atoms with van der Waals surface area (Å²) in [7, 11) is 0. The van der Waals surface area contributed by atoms with Crippen LogP contribution in [0.1, 0.15) is 5.76 Å². The van der Waals surface area contributed by atoms with Crippen molar-refractivity contribution in [1.82, 2.24) is 14.8 Å². The predicted molar refractivity (Wildman–Crippen MR) is 119 cm³/mol. The highest BCUT2D eigenvalue weighted by molar-refractivity contribution is 7.99. The van der Waals surface area contributed by atoms with E-state index in [0.717, 1.165) is 11.3 Å². The zero-order chi connectivity index (χ0) is 21.8. The number of nitrogens with zero attached hydrogens (tertiary/aromatic N) is 3. The first-order valence-electron chi connectivity index (χ1n) is 9.09. The summed E-state index contributed by atoms with van der Waals surface area (Å²) in [5.74, 6) is 0.595. The lowest BCUT2D eigenvalue weighted by Gasteiger charge is -2.09. The molecule has 0 radical (unpaired) electrons. The number of hydrogen-bond donors (Lipinski definition) is 1. The lowest BCUT2D eigenvalue weighted by atomic mass is 10.2. The zero-order valence-electron chi connectivity index (χ0n) is 15.9. The molecular weight excluding hydrogens is 462 g/mol. The fraction of sp³-hybridized carbons (Fsp3) is 0.0952. The van der Waals surface area contributed by atoms with Crippen LogP contribution in [0.5, 0.6) is 0 Å². The highest BCUT2D eigenvalue weighted by Gasteiger charge is 2.17. The number of amides is 1. The van der Waals surface area contributed by atoms with Crippen LogP contribution in [0.15, 0.2) is 70.4 Å². The van der Waals surface area contributed by atoms with Gasteiger partial charge in [-0.25, -0.2) is 4.39 Å². The molecule has 10 heteroatoms. The molecule has 31 heavy (non-hydrogen) atoms. The Balaban J connectivity index is 1.52. The average Bonchev–Trinajstić information content (AvgIpc) is 3.40. The lowest BCUT2D eigenvalue weighted by Crippen LogP contribution is -2.15. The van der Waals surface area contributed by atoms with E-state index in [1.54, 1.807) is 24.5 Å². The molecule has 1 N–H and O–H groups in total. The monoisotopic (exact) mass is 476 g/mol. The van der Waals surface area contributed by atoms with Crippen molar-refractivity contribution in [3.05, 3.63) is 82.5 Å². The predicted octanol–water partition coefficient (Wildman–Crippen LogP) is 5.76. The number of halogens is 3. The molecule has 4 rings (SSSR count). The minimum absolute atomic E-state index is 0.0590. The highest BCUT2D eigenvalue weighted by atomic mass is 35.5. The zero-order valence-corrected chi connectivity index (χ0v) is 18.2. The summed E-state index contributed by atoms with van der Waals surface area (Å²) >= 11 is 13.0. The minimum Gasteiger partial charge on any atom is -0.467 e. The van der Waals surface area contributed by atoms with Gasteiger partial charge in [0.1, 0.15) is 11.6 Å². The fourth-order valence-electron chi connectivity index (χ4n) is 2.81. The maximum absolute atomic E-state index is 13.3. The van der Waals surface area contributed by atoms with Crippen molar-refractivity contribution in [2.24, 2.45) is 0 Å². The molecule has 0 aliphatic carbocycles. The van der Waals surface area contributed by atoms with E-state index >= 15 is 0 Å². The average molecular weight is 477 g/mol. The van der Waals surface area contributed by atoms with Gasteiger partial charge in [0.15, 0.2) is 11.0 Å². The van der Waals surface area contributed by atoms with E-state index in [9.17, 15) is 9.18 Å². The fourth-order valence-corrected chi connectivity index (χ4v) is 3.85. The van der Waals surface area contributed by atoms with Crippen LogP contribution in [-0.4, -0.2) is 26.4 Å². The van der Waals surface area contributed by atoms with Crippen LogP contribution in [-0.2, 0) is 11.3 Å². The summed E-state index contributed by atoms with van der Waals surface area (Å²) in [6.45, 7) is 0.398. The van der Waals surface area contributed by atoms with Crippen LogP contribution in [0.4, 0.5) is 10.1 Å². The van der Waals surface area contributed by atoms with Crippen LogP contribution >= 0.6 is 35.0 Å². The van der Waals surface area contributed by atoms with E-state index in [4.69, 9.17) is 27.6 Å². The largest absolute Gasteiger partial charge is 0.467 e. The first-order chi connectivity index (χ1) is 15.0. The molecule has 0 atom stereocenters. The molecule has 0 fully saturated rings. The Hall–Kier alpha value is -2.81. The van der Waals surface area contributed by atoms with E-state index < -0.39 is 5.82 Å².